The van der Waals surface area contributed by atoms with Gasteiger partial charge in [-0.3, -0.25) is 0 Å². The van der Waals surface area contributed by atoms with Gasteiger partial charge in [0.15, 0.2) is 5.02 Å². The van der Waals surface area contributed by atoms with Crippen molar-refractivity contribution in [1.29, 1.82) is 0 Å². The number of primary sulfonamides is 1. The number of nitrogens with zero attached hydrogens (tertiary/aromatic N) is 2. The number of ether oxygens (including phenoxy) is 2. The summed E-state index contributed by atoms with van der Waals surface area (Å²) in [5.41, 5.74) is 0. The molecule has 0 atom stereocenters. The van der Waals surface area contributed by atoms with Crippen LogP contribution in [0.25, 0.3) is 0 Å². The van der Waals surface area contributed by atoms with E-state index in [4.69, 9.17) is 26.2 Å². The van der Waals surface area contributed by atoms with Gasteiger partial charge in [0.2, 0.25) is 11.8 Å². The molecule has 0 aliphatic rings. The van der Waals surface area contributed by atoms with Gasteiger partial charge < -0.3 is 9.47 Å². The second-order valence-corrected chi connectivity index (χ2v) is 4.22. The smallest absolute Gasteiger partial charge is 0.274 e. The largest absolute Gasteiger partial charge is 0.480 e. The summed E-state index contributed by atoms with van der Waals surface area (Å²) in [6.07, 6.45) is 0. The highest BCUT2D eigenvalue weighted by Gasteiger charge is 2.20. The number of sulfonamides is 1. The maximum atomic E-state index is 11.0. The Labute approximate surface area is 91.2 Å². The molecular weight excluding hydrogens is 246 g/mol. The lowest BCUT2D eigenvalue weighted by Crippen LogP contribution is -2.17. The maximum absolute atomic E-state index is 11.0. The Hall–Kier alpha value is -1.12. The van der Waals surface area contributed by atoms with Gasteiger partial charge in [0.1, 0.15) is 0 Å². The molecule has 1 aromatic rings. The van der Waals surface area contributed by atoms with E-state index in [9.17, 15) is 8.42 Å². The van der Waals surface area contributed by atoms with Crippen molar-refractivity contribution >= 4 is 21.6 Å². The zero-order chi connectivity index (χ0) is 11.6. The Balaban J connectivity index is 3.47. The van der Waals surface area contributed by atoms with Crippen molar-refractivity contribution in [1.82, 2.24) is 9.97 Å². The highest BCUT2D eigenvalue weighted by atomic mass is 35.5. The summed E-state index contributed by atoms with van der Waals surface area (Å²) in [5, 5.41) is 4.22. The van der Waals surface area contributed by atoms with Gasteiger partial charge in [-0.2, -0.15) is 9.97 Å². The van der Waals surface area contributed by atoms with E-state index < -0.39 is 15.2 Å². The van der Waals surface area contributed by atoms with Crippen LogP contribution in [0.2, 0.25) is 5.02 Å². The van der Waals surface area contributed by atoms with Crippen molar-refractivity contribution in [3.8, 4) is 11.8 Å². The van der Waals surface area contributed by atoms with Crippen LogP contribution < -0.4 is 14.6 Å². The van der Waals surface area contributed by atoms with Crippen LogP contribution >= 0.6 is 11.6 Å². The monoisotopic (exact) mass is 253 g/mol. The average Bonchev–Trinajstić information content (AvgIpc) is 2.16. The number of methoxy groups -OCH3 is 2. The van der Waals surface area contributed by atoms with Gasteiger partial charge in [-0.15, -0.1) is 0 Å². The summed E-state index contributed by atoms with van der Waals surface area (Å²) in [5.74, 6) is -0.236. The average molecular weight is 254 g/mol. The first-order valence-corrected chi connectivity index (χ1v) is 5.51. The highest BCUT2D eigenvalue weighted by molar-refractivity contribution is 7.89. The summed E-state index contributed by atoms with van der Waals surface area (Å²) >= 11 is 5.72. The fraction of sp³-hybridized carbons (Fsp3) is 0.333. The molecule has 0 unspecified atom stereocenters. The molecule has 1 heterocycles. The van der Waals surface area contributed by atoms with Gasteiger partial charge in [0.05, 0.1) is 14.2 Å². The van der Waals surface area contributed by atoms with Crippen molar-refractivity contribution in [3.63, 3.8) is 0 Å². The molecule has 0 fully saturated rings. The number of aromatic nitrogens is 2. The quantitative estimate of drug-likeness (QED) is 0.748. The standard InChI is InChI=1S/C6H8ClN3O4S/c1-13-4-3(7)5(14-2)10-6(9-4)15(8,11)12/h1-2H3,(H2,8,11,12). The van der Waals surface area contributed by atoms with Crippen LogP contribution in [0.1, 0.15) is 0 Å². The van der Waals surface area contributed by atoms with Gasteiger partial charge in [-0.05, 0) is 0 Å². The summed E-state index contributed by atoms with van der Waals surface area (Å²) in [6.45, 7) is 0. The molecule has 0 saturated heterocycles. The van der Waals surface area contributed by atoms with Crippen LogP contribution in [-0.2, 0) is 10.0 Å². The van der Waals surface area contributed by atoms with E-state index in [1.807, 2.05) is 0 Å². The molecule has 0 spiro atoms. The molecule has 84 valence electrons. The molecule has 0 saturated carbocycles. The SMILES string of the molecule is COc1nc(S(N)(=O)=O)nc(OC)c1Cl. The van der Waals surface area contributed by atoms with E-state index in [2.05, 4.69) is 9.97 Å². The summed E-state index contributed by atoms with van der Waals surface area (Å²) < 4.78 is 31.4. The van der Waals surface area contributed by atoms with Gasteiger partial charge >= 0.3 is 0 Å². The van der Waals surface area contributed by atoms with Crippen LogP contribution in [0.3, 0.4) is 0 Å². The number of rotatable bonds is 3. The van der Waals surface area contributed by atoms with Crippen molar-refractivity contribution < 1.29 is 17.9 Å². The molecule has 7 nitrogen and oxygen atoms in total. The summed E-state index contributed by atoms with van der Waals surface area (Å²) in [4.78, 5) is 7.02. The summed E-state index contributed by atoms with van der Waals surface area (Å²) in [7, 11) is -1.47. The van der Waals surface area contributed by atoms with E-state index in [1.165, 1.54) is 14.2 Å². The zero-order valence-corrected chi connectivity index (χ0v) is 9.46. The number of nitrogens with two attached hydrogens (primary N) is 1. The Morgan fingerprint density at radius 2 is 1.60 bits per heavy atom. The minimum absolute atomic E-state index is 0.0209. The Morgan fingerprint density at radius 3 is 1.87 bits per heavy atom. The molecule has 0 amide bonds. The van der Waals surface area contributed by atoms with E-state index in [-0.39, 0.29) is 16.8 Å². The van der Waals surface area contributed by atoms with Gasteiger partial charge in [0, 0.05) is 0 Å². The molecule has 9 heteroatoms. The molecule has 0 aliphatic carbocycles. The van der Waals surface area contributed by atoms with Crippen LogP contribution in [0.4, 0.5) is 0 Å². The van der Waals surface area contributed by atoms with Crippen LogP contribution in [0.15, 0.2) is 5.16 Å². The topological polar surface area (TPSA) is 104 Å². The number of hydrogen-bond acceptors (Lipinski definition) is 6. The number of hydrogen-bond donors (Lipinski definition) is 1. The third-order valence-corrected chi connectivity index (χ3v) is 2.43. The minimum atomic E-state index is -4.03. The predicted octanol–water partition coefficient (Wildman–Crippen LogP) is -0.205. The minimum Gasteiger partial charge on any atom is -0.480 e. The number of halogens is 1. The lowest BCUT2D eigenvalue weighted by molar-refractivity contribution is 0.363. The first-order chi connectivity index (χ1) is 6.90. The van der Waals surface area contributed by atoms with E-state index in [1.54, 1.807) is 0 Å². The molecule has 1 aromatic heterocycles. The van der Waals surface area contributed by atoms with Crippen LogP contribution in [0, 0.1) is 0 Å². The predicted molar refractivity (Wildman–Crippen MR) is 51.5 cm³/mol. The molecule has 0 radical (unpaired) electrons. The molecular formula is C6H8ClN3O4S. The van der Waals surface area contributed by atoms with Gasteiger partial charge in [-0.25, -0.2) is 13.6 Å². The Bertz CT molecular complexity index is 450. The third-order valence-electron chi connectivity index (χ3n) is 1.41. The fourth-order valence-electron chi connectivity index (χ4n) is 0.786. The first kappa shape index (κ1) is 12.0. The van der Waals surface area contributed by atoms with Crippen molar-refractivity contribution in [2.45, 2.75) is 5.16 Å². The van der Waals surface area contributed by atoms with Gasteiger partial charge in [-0.1, -0.05) is 11.6 Å². The van der Waals surface area contributed by atoms with E-state index in [0.29, 0.717) is 0 Å². The molecule has 2 N–H and O–H groups in total. The first-order valence-electron chi connectivity index (χ1n) is 3.58. The summed E-state index contributed by atoms with van der Waals surface area (Å²) in [6, 6.07) is 0. The lowest BCUT2D eigenvalue weighted by Gasteiger charge is -2.07. The maximum Gasteiger partial charge on any atom is 0.274 e. The van der Waals surface area contributed by atoms with E-state index >= 15 is 0 Å². The molecule has 15 heavy (non-hydrogen) atoms. The lowest BCUT2D eigenvalue weighted by atomic mass is 10.6. The third kappa shape index (κ3) is 2.46. The Morgan fingerprint density at radius 1 is 1.20 bits per heavy atom. The fourth-order valence-corrected chi connectivity index (χ4v) is 1.45. The zero-order valence-electron chi connectivity index (χ0n) is 7.89. The normalized spacial score (nSPS) is 11.2. The van der Waals surface area contributed by atoms with E-state index in [0.717, 1.165) is 0 Å². The van der Waals surface area contributed by atoms with Crippen molar-refractivity contribution in [3.05, 3.63) is 5.02 Å². The van der Waals surface area contributed by atoms with Crippen molar-refractivity contribution in [2.75, 3.05) is 14.2 Å². The second kappa shape index (κ2) is 4.17. The molecule has 1 rings (SSSR count). The van der Waals surface area contributed by atoms with Gasteiger partial charge in [0.25, 0.3) is 15.2 Å². The van der Waals surface area contributed by atoms with Crippen LogP contribution in [0.5, 0.6) is 11.8 Å². The molecule has 0 bridgehead atoms. The Kier molecular flexibility index (Phi) is 3.32. The molecule has 0 aromatic carbocycles. The van der Waals surface area contributed by atoms with Crippen LogP contribution in [-0.4, -0.2) is 32.6 Å². The highest BCUT2D eigenvalue weighted by Crippen LogP contribution is 2.30. The second-order valence-electron chi connectivity index (χ2n) is 2.38. The van der Waals surface area contributed by atoms with Crippen molar-refractivity contribution in [2.24, 2.45) is 5.14 Å². The molecule has 0 aliphatic heterocycles.